The van der Waals surface area contributed by atoms with Gasteiger partial charge in [-0.1, -0.05) is 18.2 Å². The van der Waals surface area contributed by atoms with E-state index in [4.69, 9.17) is 10.5 Å². The number of rotatable bonds is 6. The predicted molar refractivity (Wildman–Crippen MR) is 74.9 cm³/mol. The smallest absolute Gasteiger partial charge is 0.237 e. The summed E-state index contributed by atoms with van der Waals surface area (Å²) in [6, 6.07) is 7.43. The zero-order chi connectivity index (χ0) is 13.7. The minimum atomic E-state index is -0.545. The van der Waals surface area contributed by atoms with Crippen molar-refractivity contribution in [3.8, 4) is 0 Å². The van der Waals surface area contributed by atoms with Crippen LogP contribution < -0.4 is 11.1 Å². The summed E-state index contributed by atoms with van der Waals surface area (Å²) >= 11 is 0. The standard InChI is InChI=1S/C14H19N3O2/c1-19-7-6-16-14(18)12(15)8-10-9-17-13-5-3-2-4-11(10)13/h2-5,9,12,17H,6-8,15H2,1H3,(H,16,18)/t12-/m0/s1. The van der Waals surface area contributed by atoms with E-state index in [2.05, 4.69) is 10.3 Å². The summed E-state index contributed by atoms with van der Waals surface area (Å²) in [7, 11) is 1.60. The van der Waals surface area contributed by atoms with Gasteiger partial charge in [-0.3, -0.25) is 4.79 Å². The van der Waals surface area contributed by atoms with Crippen molar-refractivity contribution in [3.63, 3.8) is 0 Å². The highest BCUT2D eigenvalue weighted by Gasteiger charge is 2.15. The number of ether oxygens (including phenoxy) is 1. The first kappa shape index (κ1) is 13.6. The van der Waals surface area contributed by atoms with E-state index in [9.17, 15) is 4.79 Å². The van der Waals surface area contributed by atoms with Gasteiger partial charge in [-0.05, 0) is 18.1 Å². The largest absolute Gasteiger partial charge is 0.383 e. The molecule has 102 valence electrons. The Hall–Kier alpha value is -1.85. The number of benzene rings is 1. The van der Waals surface area contributed by atoms with Crippen molar-refractivity contribution in [2.24, 2.45) is 5.73 Å². The molecule has 1 atom stereocenters. The van der Waals surface area contributed by atoms with Gasteiger partial charge < -0.3 is 20.8 Å². The topological polar surface area (TPSA) is 80.1 Å². The highest BCUT2D eigenvalue weighted by molar-refractivity contribution is 5.86. The third-order valence-electron chi connectivity index (χ3n) is 3.06. The molecule has 0 unspecified atom stereocenters. The number of nitrogens with two attached hydrogens (primary N) is 1. The van der Waals surface area contributed by atoms with Crippen LogP contribution >= 0.6 is 0 Å². The molecule has 0 saturated heterocycles. The third kappa shape index (κ3) is 3.33. The molecule has 0 aliphatic heterocycles. The maximum absolute atomic E-state index is 11.8. The normalized spacial score (nSPS) is 12.5. The van der Waals surface area contributed by atoms with Crippen molar-refractivity contribution >= 4 is 16.8 Å². The predicted octanol–water partition coefficient (Wildman–Crippen LogP) is 0.800. The van der Waals surface area contributed by atoms with Gasteiger partial charge in [0, 0.05) is 30.8 Å². The SMILES string of the molecule is COCCNC(=O)[C@@H](N)Cc1c[nH]c2ccccc12. The number of hydrogen-bond donors (Lipinski definition) is 3. The molecule has 1 amide bonds. The monoisotopic (exact) mass is 261 g/mol. The number of H-pyrrole nitrogens is 1. The van der Waals surface area contributed by atoms with Crippen LogP contribution in [-0.4, -0.2) is 37.2 Å². The van der Waals surface area contributed by atoms with Crippen LogP contribution in [0.25, 0.3) is 10.9 Å². The summed E-state index contributed by atoms with van der Waals surface area (Å²) in [5.41, 5.74) is 8.03. The Kier molecular flexibility index (Phi) is 4.54. The Balaban J connectivity index is 1.98. The van der Waals surface area contributed by atoms with Gasteiger partial charge in [0.05, 0.1) is 12.6 Å². The lowest BCUT2D eigenvalue weighted by atomic mass is 10.1. The first-order valence-corrected chi connectivity index (χ1v) is 6.29. The van der Waals surface area contributed by atoms with E-state index in [0.29, 0.717) is 19.6 Å². The molecular weight excluding hydrogens is 242 g/mol. The lowest BCUT2D eigenvalue weighted by Crippen LogP contribution is -2.43. The number of carbonyl (C=O) groups excluding carboxylic acids is 1. The van der Waals surface area contributed by atoms with E-state index < -0.39 is 6.04 Å². The minimum absolute atomic E-state index is 0.151. The van der Waals surface area contributed by atoms with Gasteiger partial charge in [0.1, 0.15) is 0 Å². The number of para-hydroxylation sites is 1. The molecule has 0 aliphatic rings. The first-order chi connectivity index (χ1) is 9.22. The Bertz CT molecular complexity index is 550. The molecule has 5 nitrogen and oxygen atoms in total. The molecule has 1 aromatic heterocycles. The molecule has 0 saturated carbocycles. The molecule has 19 heavy (non-hydrogen) atoms. The second-order valence-electron chi connectivity index (χ2n) is 4.45. The second-order valence-corrected chi connectivity index (χ2v) is 4.45. The zero-order valence-corrected chi connectivity index (χ0v) is 11.0. The van der Waals surface area contributed by atoms with E-state index in [1.165, 1.54) is 0 Å². The van der Waals surface area contributed by atoms with Crippen LogP contribution in [0.15, 0.2) is 30.5 Å². The fourth-order valence-corrected chi connectivity index (χ4v) is 2.04. The van der Waals surface area contributed by atoms with Gasteiger partial charge in [0.25, 0.3) is 0 Å². The molecule has 0 bridgehead atoms. The second kappa shape index (κ2) is 6.36. The minimum Gasteiger partial charge on any atom is -0.383 e. The van der Waals surface area contributed by atoms with Gasteiger partial charge in [-0.2, -0.15) is 0 Å². The molecule has 1 aromatic carbocycles. The fourth-order valence-electron chi connectivity index (χ4n) is 2.04. The number of hydrogen-bond acceptors (Lipinski definition) is 3. The lowest BCUT2D eigenvalue weighted by Gasteiger charge is -2.11. The first-order valence-electron chi connectivity index (χ1n) is 6.29. The van der Waals surface area contributed by atoms with Crippen LogP contribution in [0.5, 0.6) is 0 Å². The average Bonchev–Trinajstić information content (AvgIpc) is 2.82. The van der Waals surface area contributed by atoms with E-state index >= 15 is 0 Å². The van der Waals surface area contributed by atoms with Crippen LogP contribution in [0.4, 0.5) is 0 Å². The number of amides is 1. The van der Waals surface area contributed by atoms with E-state index in [1.54, 1.807) is 7.11 Å². The lowest BCUT2D eigenvalue weighted by molar-refractivity contribution is -0.122. The number of aromatic nitrogens is 1. The Morgan fingerprint density at radius 1 is 1.47 bits per heavy atom. The molecule has 2 aromatic rings. The number of aromatic amines is 1. The van der Waals surface area contributed by atoms with Gasteiger partial charge in [-0.15, -0.1) is 0 Å². The van der Waals surface area contributed by atoms with Crippen molar-refractivity contribution in [2.75, 3.05) is 20.3 Å². The van der Waals surface area contributed by atoms with Crippen LogP contribution in [-0.2, 0) is 16.0 Å². The Morgan fingerprint density at radius 2 is 2.26 bits per heavy atom. The summed E-state index contributed by atoms with van der Waals surface area (Å²) in [5.74, 6) is -0.151. The van der Waals surface area contributed by atoms with Crippen molar-refractivity contribution in [2.45, 2.75) is 12.5 Å². The molecule has 0 spiro atoms. The number of carbonyl (C=O) groups is 1. The van der Waals surface area contributed by atoms with Crippen molar-refractivity contribution in [3.05, 3.63) is 36.0 Å². The van der Waals surface area contributed by atoms with Crippen molar-refractivity contribution in [1.29, 1.82) is 0 Å². The van der Waals surface area contributed by atoms with Gasteiger partial charge in [-0.25, -0.2) is 0 Å². The van der Waals surface area contributed by atoms with Crippen LogP contribution in [0.1, 0.15) is 5.56 Å². The van der Waals surface area contributed by atoms with Crippen LogP contribution in [0.3, 0.4) is 0 Å². The highest BCUT2D eigenvalue weighted by atomic mass is 16.5. The molecular formula is C14H19N3O2. The summed E-state index contributed by atoms with van der Waals surface area (Å²) < 4.78 is 4.87. The molecule has 0 radical (unpaired) electrons. The summed E-state index contributed by atoms with van der Waals surface area (Å²) in [4.78, 5) is 15.0. The highest BCUT2D eigenvalue weighted by Crippen LogP contribution is 2.18. The number of methoxy groups -OCH3 is 1. The van der Waals surface area contributed by atoms with E-state index in [1.807, 2.05) is 30.5 Å². The Labute approximate surface area is 112 Å². The summed E-state index contributed by atoms with van der Waals surface area (Å²) in [6.07, 6.45) is 2.43. The fraction of sp³-hybridized carbons (Fsp3) is 0.357. The van der Waals surface area contributed by atoms with Crippen molar-refractivity contribution in [1.82, 2.24) is 10.3 Å². The molecule has 0 aliphatic carbocycles. The third-order valence-corrected chi connectivity index (χ3v) is 3.06. The quantitative estimate of drug-likeness (QED) is 0.673. The van der Waals surface area contributed by atoms with E-state index in [-0.39, 0.29) is 5.91 Å². The zero-order valence-electron chi connectivity index (χ0n) is 11.0. The summed E-state index contributed by atoms with van der Waals surface area (Å²) in [5, 5.41) is 3.86. The molecule has 2 rings (SSSR count). The molecule has 1 heterocycles. The molecule has 5 heteroatoms. The van der Waals surface area contributed by atoms with E-state index in [0.717, 1.165) is 16.5 Å². The van der Waals surface area contributed by atoms with Gasteiger partial charge >= 0.3 is 0 Å². The molecule has 0 fully saturated rings. The maximum Gasteiger partial charge on any atom is 0.237 e. The number of fused-ring (bicyclic) bond motifs is 1. The Morgan fingerprint density at radius 3 is 3.05 bits per heavy atom. The van der Waals surface area contributed by atoms with Gasteiger partial charge in [0.2, 0.25) is 5.91 Å². The summed E-state index contributed by atoms with van der Waals surface area (Å²) in [6.45, 7) is 0.975. The molecule has 4 N–H and O–H groups in total. The number of nitrogens with one attached hydrogen (secondary N) is 2. The maximum atomic E-state index is 11.8. The van der Waals surface area contributed by atoms with Crippen molar-refractivity contribution < 1.29 is 9.53 Å². The van der Waals surface area contributed by atoms with Gasteiger partial charge in [0.15, 0.2) is 0 Å². The van der Waals surface area contributed by atoms with Crippen LogP contribution in [0, 0.1) is 0 Å². The van der Waals surface area contributed by atoms with Crippen LogP contribution in [0.2, 0.25) is 0 Å². The average molecular weight is 261 g/mol.